The fourth-order valence-electron chi connectivity index (χ4n) is 4.28. The van der Waals surface area contributed by atoms with Crippen LogP contribution in [0, 0.1) is 5.92 Å². The number of rotatable bonds is 15. The summed E-state index contributed by atoms with van der Waals surface area (Å²) >= 11 is 0. The van der Waals surface area contributed by atoms with Gasteiger partial charge in [-0.3, -0.25) is 4.79 Å². The third-order valence-corrected chi connectivity index (χ3v) is 6.69. The minimum Gasteiger partial charge on any atom is -0.465 e. The van der Waals surface area contributed by atoms with E-state index >= 15 is 0 Å². The summed E-state index contributed by atoms with van der Waals surface area (Å²) in [5, 5.41) is 0.792. The number of benzene rings is 2. The number of ether oxygens (including phenoxy) is 3. The monoisotopic (exact) mass is 588 g/mol. The van der Waals surface area contributed by atoms with Crippen LogP contribution in [-0.2, 0) is 36.7 Å². The molecule has 0 amide bonds. The smallest absolute Gasteiger partial charge is 0.344 e. The Morgan fingerprint density at radius 2 is 1.44 bits per heavy atom. The van der Waals surface area contributed by atoms with Gasteiger partial charge in [0.25, 0.3) is 0 Å². The number of hydrogen-bond donors (Lipinski definition) is 0. The van der Waals surface area contributed by atoms with Crippen molar-refractivity contribution in [3.8, 4) is 16.9 Å². The zero-order valence-corrected chi connectivity index (χ0v) is 25.5. The molecule has 3 aromatic rings. The van der Waals surface area contributed by atoms with Crippen molar-refractivity contribution in [2.45, 2.75) is 66.2 Å². The topological polar surface area (TPSA) is 109 Å². The van der Waals surface area contributed by atoms with E-state index in [4.69, 9.17) is 18.6 Å². The Morgan fingerprint density at radius 1 is 0.814 bits per heavy atom. The first-order chi connectivity index (χ1) is 20.5. The summed E-state index contributed by atoms with van der Waals surface area (Å²) in [5.74, 6) is -0.959. The zero-order chi connectivity index (χ0) is 31.5. The molecule has 0 spiro atoms. The van der Waals surface area contributed by atoms with Gasteiger partial charge in [0.2, 0.25) is 0 Å². The van der Waals surface area contributed by atoms with Crippen molar-refractivity contribution in [1.82, 2.24) is 0 Å². The largest absolute Gasteiger partial charge is 0.465 e. The van der Waals surface area contributed by atoms with Gasteiger partial charge in [0.05, 0.1) is 24.7 Å². The number of esters is 3. The van der Waals surface area contributed by atoms with E-state index in [0.29, 0.717) is 60.5 Å². The molecule has 0 aliphatic rings. The van der Waals surface area contributed by atoms with Gasteiger partial charge in [-0.2, -0.15) is 0 Å². The maximum atomic E-state index is 13.1. The Kier molecular flexibility index (Phi) is 12.0. The molecular weight excluding hydrogens is 548 g/mol. The highest BCUT2D eigenvalue weighted by Gasteiger charge is 2.14. The van der Waals surface area contributed by atoms with Gasteiger partial charge in [-0.25, -0.2) is 14.4 Å². The highest BCUT2D eigenvalue weighted by Crippen LogP contribution is 2.28. The molecule has 0 unspecified atom stereocenters. The number of hydrogen-bond acceptors (Lipinski definition) is 8. The first-order valence-corrected chi connectivity index (χ1v) is 14.5. The third-order valence-electron chi connectivity index (χ3n) is 6.69. The van der Waals surface area contributed by atoms with Gasteiger partial charge in [-0.05, 0) is 93.3 Å². The van der Waals surface area contributed by atoms with Crippen LogP contribution in [0.2, 0.25) is 0 Å². The van der Waals surface area contributed by atoms with E-state index in [0.717, 1.165) is 35.8 Å². The molecule has 43 heavy (non-hydrogen) atoms. The fourth-order valence-corrected chi connectivity index (χ4v) is 4.28. The van der Waals surface area contributed by atoms with Crippen molar-refractivity contribution in [3.05, 3.63) is 88.3 Å². The van der Waals surface area contributed by atoms with Crippen molar-refractivity contribution >= 4 is 28.9 Å². The summed E-state index contributed by atoms with van der Waals surface area (Å²) in [7, 11) is 0. The predicted molar refractivity (Wildman–Crippen MR) is 166 cm³/mol. The molecule has 0 bridgehead atoms. The maximum absolute atomic E-state index is 13.1. The fraction of sp³-hybridized carbons (Fsp3) is 0.371. The number of fused-ring (bicyclic) bond motifs is 1. The Labute approximate surface area is 252 Å². The molecular formula is C35H40O8. The van der Waals surface area contributed by atoms with Crippen LogP contribution in [0.3, 0.4) is 0 Å². The van der Waals surface area contributed by atoms with Gasteiger partial charge in [0, 0.05) is 16.5 Å². The first kappa shape index (κ1) is 33.0. The van der Waals surface area contributed by atoms with Gasteiger partial charge in [0.15, 0.2) is 0 Å². The van der Waals surface area contributed by atoms with Gasteiger partial charge >= 0.3 is 23.5 Å². The molecule has 0 aliphatic heterocycles. The van der Waals surface area contributed by atoms with Crippen LogP contribution >= 0.6 is 0 Å². The molecule has 1 aromatic heterocycles. The molecule has 0 saturated heterocycles. The molecule has 0 saturated carbocycles. The standard InChI is InChI=1S/C35H40O8/c1-22(2)32(36)40-17-9-7-11-25-19-27(12-8-10-18-41-33(37)23(3)4)31-28(20-25)21-30(35(39)43-31)26-13-15-29(16-14-26)42-34(38)24(5)6/h13-16,19-21,23H,1,5,7-12,17-18H2,2-4,6H3. The maximum Gasteiger partial charge on any atom is 0.344 e. The van der Waals surface area contributed by atoms with Crippen LogP contribution in [0.1, 0.15) is 64.5 Å². The van der Waals surface area contributed by atoms with Crippen molar-refractivity contribution < 1.29 is 33.0 Å². The zero-order valence-electron chi connectivity index (χ0n) is 25.5. The van der Waals surface area contributed by atoms with Gasteiger partial charge in [-0.1, -0.05) is 45.2 Å². The molecule has 8 nitrogen and oxygen atoms in total. The summed E-state index contributed by atoms with van der Waals surface area (Å²) in [5.41, 5.74) is 3.71. The summed E-state index contributed by atoms with van der Waals surface area (Å²) in [6.07, 6.45) is 4.32. The molecule has 3 rings (SSSR count). The molecule has 0 N–H and O–H groups in total. The van der Waals surface area contributed by atoms with Crippen LogP contribution in [0.5, 0.6) is 5.75 Å². The SMILES string of the molecule is C=C(C)C(=O)OCCCCc1cc(CCCCOC(=O)C(C)C)c2oc(=O)c(-c3ccc(OC(=O)C(=C)C)cc3)cc2c1. The number of carbonyl (C=O) groups is 3. The van der Waals surface area contributed by atoms with Crippen LogP contribution in [0.15, 0.2) is 76.0 Å². The van der Waals surface area contributed by atoms with E-state index in [1.165, 1.54) is 0 Å². The van der Waals surface area contributed by atoms with E-state index in [2.05, 4.69) is 19.2 Å². The van der Waals surface area contributed by atoms with Crippen molar-refractivity contribution in [2.75, 3.05) is 13.2 Å². The second-order valence-electron chi connectivity index (χ2n) is 11.0. The molecule has 0 radical (unpaired) electrons. The first-order valence-electron chi connectivity index (χ1n) is 14.5. The molecule has 228 valence electrons. The van der Waals surface area contributed by atoms with Crippen molar-refractivity contribution in [1.29, 1.82) is 0 Å². The molecule has 0 aliphatic carbocycles. The van der Waals surface area contributed by atoms with Crippen molar-refractivity contribution in [3.63, 3.8) is 0 Å². The molecule has 0 fully saturated rings. The molecule has 0 atom stereocenters. The third kappa shape index (κ3) is 9.81. The molecule has 1 heterocycles. The summed E-state index contributed by atoms with van der Waals surface area (Å²) < 4.78 is 21.6. The molecule has 2 aromatic carbocycles. The Hall–Kier alpha value is -4.46. The Morgan fingerprint density at radius 3 is 2.07 bits per heavy atom. The second kappa shape index (κ2) is 15.7. The summed E-state index contributed by atoms with van der Waals surface area (Å²) in [4.78, 5) is 48.4. The van der Waals surface area contributed by atoms with E-state index in [9.17, 15) is 19.2 Å². The second-order valence-corrected chi connectivity index (χ2v) is 11.0. The van der Waals surface area contributed by atoms with Crippen LogP contribution in [0.25, 0.3) is 22.1 Å². The van der Waals surface area contributed by atoms with E-state index < -0.39 is 17.6 Å². The van der Waals surface area contributed by atoms with Crippen LogP contribution in [-0.4, -0.2) is 31.1 Å². The van der Waals surface area contributed by atoms with E-state index in [1.807, 2.05) is 12.1 Å². The van der Waals surface area contributed by atoms with Crippen LogP contribution in [0.4, 0.5) is 0 Å². The minimum atomic E-state index is -0.523. The van der Waals surface area contributed by atoms with Crippen LogP contribution < -0.4 is 10.4 Å². The number of unbranched alkanes of at least 4 members (excludes halogenated alkanes) is 2. The van der Waals surface area contributed by atoms with Gasteiger partial charge < -0.3 is 18.6 Å². The minimum absolute atomic E-state index is 0.170. The lowest BCUT2D eigenvalue weighted by Gasteiger charge is -2.12. The lowest BCUT2D eigenvalue weighted by Crippen LogP contribution is -2.12. The lowest BCUT2D eigenvalue weighted by molar-refractivity contribution is -0.147. The summed E-state index contributed by atoms with van der Waals surface area (Å²) in [6.45, 7) is 14.6. The average molecular weight is 589 g/mol. The Bertz CT molecular complexity index is 1540. The normalized spacial score (nSPS) is 10.9. The lowest BCUT2D eigenvalue weighted by atomic mass is 9.97. The highest BCUT2D eigenvalue weighted by molar-refractivity contribution is 5.89. The molecule has 8 heteroatoms. The summed E-state index contributed by atoms with van der Waals surface area (Å²) in [6, 6.07) is 12.5. The van der Waals surface area contributed by atoms with E-state index in [1.54, 1.807) is 52.0 Å². The number of aryl methyl sites for hydroxylation is 2. The van der Waals surface area contributed by atoms with Crippen molar-refractivity contribution in [2.24, 2.45) is 5.92 Å². The predicted octanol–water partition coefficient (Wildman–Crippen LogP) is 6.91. The quantitative estimate of drug-likeness (QED) is 0.0620. The average Bonchev–Trinajstić information content (AvgIpc) is 2.96. The van der Waals surface area contributed by atoms with E-state index in [-0.39, 0.29) is 17.5 Å². The van der Waals surface area contributed by atoms with Gasteiger partial charge in [0.1, 0.15) is 11.3 Å². The Balaban J connectivity index is 1.83. The highest BCUT2D eigenvalue weighted by atomic mass is 16.5. The van der Waals surface area contributed by atoms with Gasteiger partial charge in [-0.15, -0.1) is 0 Å². The number of carbonyl (C=O) groups excluding carboxylic acids is 3.